The number of likely N-dealkylation sites (tertiary alicyclic amines) is 1. The highest BCUT2D eigenvalue weighted by Gasteiger charge is 2.30. The molecule has 2 N–H and O–H groups in total. The van der Waals surface area contributed by atoms with Crippen LogP contribution in [0.1, 0.15) is 43.0 Å². The van der Waals surface area contributed by atoms with Crippen molar-refractivity contribution in [3.8, 4) is 0 Å². The molecular weight excluding hydrogens is 290 g/mol. The fourth-order valence-electron chi connectivity index (χ4n) is 3.00. The van der Waals surface area contributed by atoms with Crippen molar-refractivity contribution in [3.05, 3.63) is 35.9 Å². The number of rotatable bonds is 5. The Hall–Kier alpha value is -1.88. The van der Waals surface area contributed by atoms with Crippen LogP contribution in [0.5, 0.6) is 0 Å². The third-order valence-corrected chi connectivity index (χ3v) is 4.75. The Morgan fingerprint density at radius 2 is 1.61 bits per heavy atom. The molecule has 3 rings (SSSR count). The number of amides is 2. The fourth-order valence-corrected chi connectivity index (χ4v) is 3.00. The highest BCUT2D eigenvalue weighted by atomic mass is 16.2. The molecule has 1 atom stereocenters. The van der Waals surface area contributed by atoms with Gasteiger partial charge in [0.15, 0.2) is 0 Å². The van der Waals surface area contributed by atoms with Gasteiger partial charge in [-0.2, -0.15) is 0 Å². The van der Waals surface area contributed by atoms with E-state index >= 15 is 0 Å². The number of carbonyl (C=O) groups excluding carboxylic acids is 2. The summed E-state index contributed by atoms with van der Waals surface area (Å²) in [6, 6.07) is 9.83. The quantitative estimate of drug-likeness (QED) is 0.866. The molecule has 124 valence electrons. The van der Waals surface area contributed by atoms with Crippen molar-refractivity contribution in [2.45, 2.75) is 50.7 Å². The zero-order valence-corrected chi connectivity index (χ0v) is 13.6. The van der Waals surface area contributed by atoms with E-state index in [4.69, 9.17) is 0 Å². The molecule has 0 radical (unpaired) electrons. The van der Waals surface area contributed by atoms with E-state index in [-0.39, 0.29) is 23.9 Å². The number of piperidine rings is 1. The molecule has 1 heterocycles. The van der Waals surface area contributed by atoms with Crippen molar-refractivity contribution in [1.82, 2.24) is 15.5 Å². The van der Waals surface area contributed by atoms with E-state index in [0.717, 1.165) is 38.8 Å². The molecule has 1 saturated carbocycles. The lowest BCUT2D eigenvalue weighted by molar-refractivity contribution is -0.126. The average Bonchev–Trinajstić information content (AvgIpc) is 3.39. The van der Waals surface area contributed by atoms with Crippen molar-refractivity contribution in [1.29, 1.82) is 0 Å². The maximum Gasteiger partial charge on any atom is 0.251 e. The molecule has 5 heteroatoms. The minimum atomic E-state index is -0.0821. The molecule has 0 unspecified atom stereocenters. The van der Waals surface area contributed by atoms with Crippen LogP contribution >= 0.6 is 0 Å². The number of nitrogens with one attached hydrogen (secondary N) is 2. The average molecular weight is 315 g/mol. The number of carbonyl (C=O) groups is 2. The summed E-state index contributed by atoms with van der Waals surface area (Å²) in [7, 11) is 0. The van der Waals surface area contributed by atoms with E-state index in [0.29, 0.717) is 11.6 Å². The van der Waals surface area contributed by atoms with Crippen molar-refractivity contribution in [2.24, 2.45) is 0 Å². The highest BCUT2D eigenvalue weighted by Crippen LogP contribution is 2.20. The molecule has 1 aliphatic carbocycles. The third-order valence-electron chi connectivity index (χ3n) is 4.75. The van der Waals surface area contributed by atoms with E-state index < -0.39 is 0 Å². The normalized spacial score (nSPS) is 20.7. The molecule has 5 nitrogen and oxygen atoms in total. The summed E-state index contributed by atoms with van der Waals surface area (Å²) in [6.45, 7) is 3.67. The van der Waals surface area contributed by atoms with Gasteiger partial charge in [-0.3, -0.25) is 14.5 Å². The third kappa shape index (κ3) is 4.32. The predicted molar refractivity (Wildman–Crippen MR) is 89.1 cm³/mol. The summed E-state index contributed by atoms with van der Waals surface area (Å²) in [5.74, 6) is 0.128. The van der Waals surface area contributed by atoms with Crippen molar-refractivity contribution < 1.29 is 9.59 Å². The number of nitrogens with zero attached hydrogens (tertiary/aromatic N) is 1. The van der Waals surface area contributed by atoms with Crippen molar-refractivity contribution >= 4 is 11.8 Å². The molecular formula is C18H25N3O2. The van der Waals surface area contributed by atoms with Crippen LogP contribution in [0.2, 0.25) is 0 Å². The number of hydrogen-bond donors (Lipinski definition) is 2. The standard InChI is InChI=1S/C18H25N3O2/c1-13(17(22)19-15-7-8-15)21-11-9-16(10-12-21)20-18(23)14-5-3-2-4-6-14/h2-6,13,15-16H,7-12H2,1H3,(H,19,22)(H,20,23)/t13-/m1/s1. The van der Waals surface area contributed by atoms with Crippen LogP contribution in [-0.2, 0) is 4.79 Å². The van der Waals surface area contributed by atoms with Gasteiger partial charge in [-0.1, -0.05) is 18.2 Å². The summed E-state index contributed by atoms with van der Waals surface area (Å²) in [5.41, 5.74) is 0.701. The van der Waals surface area contributed by atoms with E-state index in [9.17, 15) is 9.59 Å². The lowest BCUT2D eigenvalue weighted by atomic mass is 10.0. The first-order valence-corrected chi connectivity index (χ1v) is 8.54. The summed E-state index contributed by atoms with van der Waals surface area (Å²) in [5, 5.41) is 6.17. The van der Waals surface area contributed by atoms with Gasteiger partial charge in [0.05, 0.1) is 6.04 Å². The van der Waals surface area contributed by atoms with Gasteiger partial charge in [-0.25, -0.2) is 0 Å². The van der Waals surface area contributed by atoms with Crippen LogP contribution in [0.25, 0.3) is 0 Å². The topological polar surface area (TPSA) is 61.4 Å². The Bertz CT molecular complexity index is 549. The van der Waals surface area contributed by atoms with Gasteiger partial charge >= 0.3 is 0 Å². The molecule has 1 aliphatic heterocycles. The summed E-state index contributed by atoms with van der Waals surface area (Å²) >= 11 is 0. The van der Waals surface area contributed by atoms with Crippen LogP contribution in [0.4, 0.5) is 0 Å². The van der Waals surface area contributed by atoms with Gasteiger partial charge in [0.25, 0.3) is 5.91 Å². The molecule has 1 aromatic carbocycles. The van der Waals surface area contributed by atoms with Gasteiger partial charge < -0.3 is 10.6 Å². The molecule has 23 heavy (non-hydrogen) atoms. The van der Waals surface area contributed by atoms with E-state index in [1.165, 1.54) is 0 Å². The van der Waals surface area contributed by atoms with Gasteiger partial charge in [-0.15, -0.1) is 0 Å². The van der Waals surface area contributed by atoms with Crippen LogP contribution in [0.3, 0.4) is 0 Å². The zero-order chi connectivity index (χ0) is 16.2. The van der Waals surface area contributed by atoms with Crippen LogP contribution in [0, 0.1) is 0 Å². The molecule has 0 spiro atoms. The minimum Gasteiger partial charge on any atom is -0.352 e. The monoisotopic (exact) mass is 315 g/mol. The van der Waals surface area contributed by atoms with Gasteiger partial charge in [0, 0.05) is 30.7 Å². The molecule has 2 amide bonds. The second-order valence-corrected chi connectivity index (χ2v) is 6.61. The zero-order valence-electron chi connectivity index (χ0n) is 13.6. The van der Waals surface area contributed by atoms with Crippen molar-refractivity contribution in [3.63, 3.8) is 0 Å². The van der Waals surface area contributed by atoms with Gasteiger partial charge in [0.1, 0.15) is 0 Å². The first-order chi connectivity index (χ1) is 11.1. The number of hydrogen-bond acceptors (Lipinski definition) is 3. The molecule has 0 bridgehead atoms. The first kappa shape index (κ1) is 16.0. The van der Waals surface area contributed by atoms with Gasteiger partial charge in [-0.05, 0) is 44.7 Å². The summed E-state index contributed by atoms with van der Waals surface area (Å²) in [4.78, 5) is 26.5. The van der Waals surface area contributed by atoms with E-state index in [2.05, 4.69) is 15.5 Å². The Morgan fingerprint density at radius 1 is 1.00 bits per heavy atom. The fraction of sp³-hybridized carbons (Fsp3) is 0.556. The SMILES string of the molecule is C[C@H](C(=O)NC1CC1)N1CCC(NC(=O)c2ccccc2)CC1. The maximum absolute atomic E-state index is 12.2. The maximum atomic E-state index is 12.2. The Labute approximate surface area is 137 Å². The summed E-state index contributed by atoms with van der Waals surface area (Å²) in [6.07, 6.45) is 4.01. The van der Waals surface area contributed by atoms with Gasteiger partial charge in [0.2, 0.25) is 5.91 Å². The molecule has 1 saturated heterocycles. The van der Waals surface area contributed by atoms with E-state index in [1.807, 2.05) is 37.3 Å². The summed E-state index contributed by atoms with van der Waals surface area (Å²) < 4.78 is 0. The minimum absolute atomic E-state index is 0.0106. The molecule has 2 aliphatic rings. The number of benzene rings is 1. The van der Waals surface area contributed by atoms with E-state index in [1.54, 1.807) is 0 Å². The second-order valence-electron chi connectivity index (χ2n) is 6.61. The Balaban J connectivity index is 1.44. The Morgan fingerprint density at radius 3 is 2.22 bits per heavy atom. The largest absolute Gasteiger partial charge is 0.352 e. The smallest absolute Gasteiger partial charge is 0.251 e. The Kier molecular flexibility index (Phi) is 4.96. The second kappa shape index (κ2) is 7.13. The highest BCUT2D eigenvalue weighted by molar-refractivity contribution is 5.94. The first-order valence-electron chi connectivity index (χ1n) is 8.54. The van der Waals surface area contributed by atoms with Crippen molar-refractivity contribution in [2.75, 3.05) is 13.1 Å². The lowest BCUT2D eigenvalue weighted by Gasteiger charge is -2.35. The predicted octanol–water partition coefficient (Wildman–Crippen LogP) is 1.55. The molecule has 2 fully saturated rings. The molecule has 0 aromatic heterocycles. The van der Waals surface area contributed by atoms with Crippen LogP contribution in [-0.4, -0.2) is 47.9 Å². The van der Waals surface area contributed by atoms with Crippen LogP contribution < -0.4 is 10.6 Å². The molecule has 1 aromatic rings. The lowest BCUT2D eigenvalue weighted by Crippen LogP contribution is -2.52. The van der Waals surface area contributed by atoms with Crippen LogP contribution in [0.15, 0.2) is 30.3 Å².